The van der Waals surface area contributed by atoms with E-state index in [0.29, 0.717) is 5.69 Å². The molecule has 2 rings (SSSR count). The third kappa shape index (κ3) is 2.11. The first-order valence-corrected chi connectivity index (χ1v) is 4.86. The molecule has 0 radical (unpaired) electrons. The number of nitrogen functional groups attached to an aromatic ring is 1. The molecule has 1 aromatic carbocycles. The highest BCUT2D eigenvalue weighted by molar-refractivity contribution is 5.63. The highest BCUT2D eigenvalue weighted by Crippen LogP contribution is 2.36. The van der Waals surface area contributed by atoms with Gasteiger partial charge in [-0.15, -0.1) is 0 Å². The monoisotopic (exact) mass is 241 g/mol. The molecule has 0 spiro atoms. The number of nitrogens with zero attached hydrogens (tertiary/aromatic N) is 2. The van der Waals surface area contributed by atoms with Crippen LogP contribution in [0.15, 0.2) is 30.7 Å². The van der Waals surface area contributed by atoms with Crippen molar-refractivity contribution in [3.8, 4) is 5.69 Å². The molecule has 0 aliphatic rings. The molecule has 0 bridgehead atoms. The Balaban J connectivity index is 2.67. The minimum Gasteiger partial charge on any atom is -0.397 e. The minimum atomic E-state index is -4.44. The number of alkyl halides is 3. The van der Waals surface area contributed by atoms with Gasteiger partial charge in [-0.25, -0.2) is 4.98 Å². The molecule has 2 N–H and O–H groups in total. The average molecular weight is 241 g/mol. The van der Waals surface area contributed by atoms with Crippen LogP contribution in [0.3, 0.4) is 0 Å². The first-order chi connectivity index (χ1) is 7.89. The van der Waals surface area contributed by atoms with E-state index in [-0.39, 0.29) is 11.4 Å². The van der Waals surface area contributed by atoms with Crippen LogP contribution in [0.1, 0.15) is 11.3 Å². The van der Waals surface area contributed by atoms with Crippen molar-refractivity contribution < 1.29 is 13.2 Å². The minimum absolute atomic E-state index is 0.0669. The number of aromatic nitrogens is 2. The summed E-state index contributed by atoms with van der Waals surface area (Å²) in [6.07, 6.45) is -1.62. The first-order valence-electron chi connectivity index (χ1n) is 4.86. The van der Waals surface area contributed by atoms with Crippen LogP contribution in [0.4, 0.5) is 18.9 Å². The number of nitrogens with two attached hydrogens (primary N) is 1. The molecule has 90 valence electrons. The Labute approximate surface area is 95.7 Å². The summed E-state index contributed by atoms with van der Waals surface area (Å²) in [5, 5.41) is 0. The molecular formula is C11H10F3N3. The number of hydrogen-bond donors (Lipinski definition) is 1. The van der Waals surface area contributed by atoms with Gasteiger partial charge in [0.2, 0.25) is 0 Å². The van der Waals surface area contributed by atoms with Crippen LogP contribution < -0.4 is 5.73 Å². The molecule has 1 heterocycles. The zero-order valence-electron chi connectivity index (χ0n) is 8.99. The fourth-order valence-electron chi connectivity index (χ4n) is 1.62. The molecule has 0 fully saturated rings. The van der Waals surface area contributed by atoms with Gasteiger partial charge in [0.25, 0.3) is 0 Å². The SMILES string of the molecule is Cc1cn(-c2c(N)cccc2C(F)(F)F)cn1. The Morgan fingerprint density at radius 2 is 2.00 bits per heavy atom. The van der Waals surface area contributed by atoms with E-state index < -0.39 is 11.7 Å². The van der Waals surface area contributed by atoms with Crippen molar-refractivity contribution in [2.75, 3.05) is 5.73 Å². The van der Waals surface area contributed by atoms with E-state index in [9.17, 15) is 13.2 Å². The highest BCUT2D eigenvalue weighted by atomic mass is 19.4. The van der Waals surface area contributed by atoms with Gasteiger partial charge < -0.3 is 10.3 Å². The van der Waals surface area contributed by atoms with Crippen LogP contribution in [-0.4, -0.2) is 9.55 Å². The highest BCUT2D eigenvalue weighted by Gasteiger charge is 2.34. The van der Waals surface area contributed by atoms with E-state index in [2.05, 4.69) is 4.98 Å². The molecule has 2 aromatic rings. The van der Waals surface area contributed by atoms with Gasteiger partial charge in [0.15, 0.2) is 0 Å². The molecule has 0 saturated carbocycles. The number of rotatable bonds is 1. The van der Waals surface area contributed by atoms with Crippen LogP contribution >= 0.6 is 0 Å². The number of halogens is 3. The second-order valence-electron chi connectivity index (χ2n) is 3.66. The lowest BCUT2D eigenvalue weighted by atomic mass is 10.1. The van der Waals surface area contributed by atoms with Gasteiger partial charge in [-0.05, 0) is 19.1 Å². The maximum atomic E-state index is 12.8. The number of aryl methyl sites for hydroxylation is 1. The number of anilines is 1. The van der Waals surface area contributed by atoms with Crippen LogP contribution in [0.5, 0.6) is 0 Å². The van der Waals surface area contributed by atoms with Gasteiger partial charge in [0.1, 0.15) is 0 Å². The molecule has 0 unspecified atom stereocenters. The zero-order chi connectivity index (χ0) is 12.6. The predicted molar refractivity (Wildman–Crippen MR) is 57.7 cm³/mol. The number of imidazole rings is 1. The van der Waals surface area contributed by atoms with E-state index in [1.165, 1.54) is 29.2 Å². The van der Waals surface area contributed by atoms with Crippen LogP contribution in [0.25, 0.3) is 5.69 Å². The van der Waals surface area contributed by atoms with Crippen molar-refractivity contribution in [3.05, 3.63) is 42.0 Å². The van der Waals surface area contributed by atoms with Crippen LogP contribution in [0, 0.1) is 6.92 Å². The van der Waals surface area contributed by atoms with Crippen molar-refractivity contribution in [1.29, 1.82) is 0 Å². The molecule has 0 saturated heterocycles. The van der Waals surface area contributed by atoms with E-state index in [1.807, 2.05) is 0 Å². The van der Waals surface area contributed by atoms with Crippen molar-refractivity contribution in [2.24, 2.45) is 0 Å². The largest absolute Gasteiger partial charge is 0.418 e. The number of hydrogen-bond acceptors (Lipinski definition) is 2. The van der Waals surface area contributed by atoms with Crippen molar-refractivity contribution in [1.82, 2.24) is 9.55 Å². The second kappa shape index (κ2) is 3.80. The van der Waals surface area contributed by atoms with E-state index in [0.717, 1.165) is 6.07 Å². The standard InChI is InChI=1S/C11H10F3N3/c1-7-5-17(6-16-7)10-8(11(12,13)14)3-2-4-9(10)15/h2-6H,15H2,1H3. The Hall–Kier alpha value is -1.98. The van der Waals surface area contributed by atoms with E-state index in [4.69, 9.17) is 5.73 Å². The Morgan fingerprint density at radius 1 is 1.29 bits per heavy atom. The van der Waals surface area contributed by atoms with Crippen LogP contribution in [0.2, 0.25) is 0 Å². The van der Waals surface area contributed by atoms with Crippen molar-refractivity contribution in [2.45, 2.75) is 13.1 Å². The van der Waals surface area contributed by atoms with Gasteiger partial charge >= 0.3 is 6.18 Å². The summed E-state index contributed by atoms with van der Waals surface area (Å²) in [4.78, 5) is 3.90. The average Bonchev–Trinajstić information content (AvgIpc) is 2.63. The fraction of sp³-hybridized carbons (Fsp3) is 0.182. The zero-order valence-corrected chi connectivity index (χ0v) is 8.99. The van der Waals surface area contributed by atoms with Gasteiger partial charge in [0.05, 0.1) is 29.0 Å². The smallest absolute Gasteiger partial charge is 0.397 e. The van der Waals surface area contributed by atoms with Gasteiger partial charge in [-0.3, -0.25) is 0 Å². The molecule has 17 heavy (non-hydrogen) atoms. The van der Waals surface area contributed by atoms with Crippen LogP contribution in [-0.2, 0) is 6.18 Å². The fourth-order valence-corrected chi connectivity index (χ4v) is 1.62. The van der Waals surface area contributed by atoms with E-state index >= 15 is 0 Å². The first kappa shape index (κ1) is 11.5. The second-order valence-corrected chi connectivity index (χ2v) is 3.66. The molecule has 0 atom stereocenters. The van der Waals surface area contributed by atoms with Crippen molar-refractivity contribution >= 4 is 5.69 Å². The molecule has 0 aliphatic carbocycles. The third-order valence-electron chi connectivity index (χ3n) is 2.34. The molecule has 0 aliphatic heterocycles. The topological polar surface area (TPSA) is 43.8 Å². The van der Waals surface area contributed by atoms with Gasteiger partial charge in [-0.2, -0.15) is 13.2 Å². The lowest BCUT2D eigenvalue weighted by Crippen LogP contribution is -2.12. The summed E-state index contributed by atoms with van der Waals surface area (Å²) in [5.74, 6) is 0. The molecular weight excluding hydrogens is 231 g/mol. The van der Waals surface area contributed by atoms with E-state index in [1.54, 1.807) is 6.92 Å². The lowest BCUT2D eigenvalue weighted by molar-refractivity contribution is -0.137. The van der Waals surface area contributed by atoms with Gasteiger partial charge in [-0.1, -0.05) is 6.07 Å². The molecule has 3 nitrogen and oxygen atoms in total. The molecule has 6 heteroatoms. The molecule has 0 amide bonds. The summed E-state index contributed by atoms with van der Waals surface area (Å²) in [5.41, 5.74) is 5.45. The summed E-state index contributed by atoms with van der Waals surface area (Å²) in [6.45, 7) is 1.70. The Kier molecular flexibility index (Phi) is 2.57. The Bertz CT molecular complexity index is 543. The maximum Gasteiger partial charge on any atom is 0.418 e. The normalized spacial score (nSPS) is 11.8. The lowest BCUT2D eigenvalue weighted by Gasteiger charge is -2.15. The predicted octanol–water partition coefficient (Wildman–Crippen LogP) is 2.78. The number of para-hydroxylation sites is 1. The van der Waals surface area contributed by atoms with Gasteiger partial charge in [0, 0.05) is 6.20 Å². The summed E-state index contributed by atoms with van der Waals surface area (Å²) < 4.78 is 39.8. The quantitative estimate of drug-likeness (QED) is 0.780. The third-order valence-corrected chi connectivity index (χ3v) is 2.34. The maximum absolute atomic E-state index is 12.8. The summed E-state index contributed by atoms with van der Waals surface area (Å²) in [7, 11) is 0. The Morgan fingerprint density at radius 3 is 2.53 bits per heavy atom. The summed E-state index contributed by atoms with van der Waals surface area (Å²) in [6, 6.07) is 3.71. The number of benzene rings is 1. The summed E-state index contributed by atoms with van der Waals surface area (Å²) >= 11 is 0. The van der Waals surface area contributed by atoms with Crippen molar-refractivity contribution in [3.63, 3.8) is 0 Å². The molecule has 1 aromatic heterocycles.